The molecule has 0 saturated heterocycles. The Hall–Kier alpha value is -2.29. The molecule has 0 aliphatic carbocycles. The van der Waals surface area contributed by atoms with Crippen molar-refractivity contribution in [3.63, 3.8) is 0 Å². The van der Waals surface area contributed by atoms with Crippen LogP contribution < -0.4 is 0 Å². The Kier molecular flexibility index (Phi) is 9.76. The van der Waals surface area contributed by atoms with Crippen LogP contribution in [0.2, 0.25) is 0 Å². The number of H-pyrrole nitrogens is 1. The molecule has 6 nitrogen and oxygen atoms in total. The number of rotatable bonds is 14. The summed E-state index contributed by atoms with van der Waals surface area (Å²) in [6.07, 6.45) is 14.0. The fourth-order valence-electron chi connectivity index (χ4n) is 3.86. The molecule has 0 fully saturated rings. The molecule has 0 radical (unpaired) electrons. The van der Waals surface area contributed by atoms with Crippen molar-refractivity contribution < 1.29 is 9.53 Å². The lowest BCUT2D eigenvalue weighted by molar-refractivity contribution is 0.0501. The number of fused-ring (bicyclic) bond motifs is 1. The van der Waals surface area contributed by atoms with Gasteiger partial charge in [0, 0.05) is 5.69 Å². The highest BCUT2D eigenvalue weighted by Crippen LogP contribution is 2.33. The van der Waals surface area contributed by atoms with Gasteiger partial charge in [-0.1, -0.05) is 78.1 Å². The number of carbonyl (C=O) groups is 1. The summed E-state index contributed by atoms with van der Waals surface area (Å²) < 4.78 is 7.39. The lowest BCUT2D eigenvalue weighted by Gasteiger charge is -2.05. The van der Waals surface area contributed by atoms with E-state index in [0.717, 1.165) is 37.2 Å². The van der Waals surface area contributed by atoms with Crippen molar-refractivity contribution in [3.8, 4) is 0 Å². The smallest absolute Gasteiger partial charge is 0.331 e. The van der Waals surface area contributed by atoms with Crippen molar-refractivity contribution in [1.29, 1.82) is 0 Å². The van der Waals surface area contributed by atoms with Gasteiger partial charge in [-0.05, 0) is 19.8 Å². The summed E-state index contributed by atoms with van der Waals surface area (Å²) in [6, 6.07) is 0. The van der Waals surface area contributed by atoms with Crippen molar-refractivity contribution in [3.05, 3.63) is 28.5 Å². The minimum Gasteiger partial charge on any atom is -0.463 e. The standard InChI is InChI=1S/C23H36N4O2/c1-5-7-8-9-10-11-12-13-14-15-17-29-23(28)20-21(24-4)19(16-6-2)27-18(3)25-26-22(20)27/h26H,5-17H2,1-3H3. The molecule has 29 heavy (non-hydrogen) atoms. The first kappa shape index (κ1) is 23.0. The van der Waals surface area contributed by atoms with Crippen LogP contribution in [0, 0.1) is 13.5 Å². The average Bonchev–Trinajstić information content (AvgIpc) is 3.24. The third kappa shape index (κ3) is 6.09. The van der Waals surface area contributed by atoms with Crippen LogP contribution in [0.25, 0.3) is 10.5 Å². The quantitative estimate of drug-likeness (QED) is 0.222. The lowest BCUT2D eigenvalue weighted by Crippen LogP contribution is -2.06. The fraction of sp³-hybridized carbons (Fsp3) is 0.696. The van der Waals surface area contributed by atoms with Crippen molar-refractivity contribution in [1.82, 2.24) is 14.6 Å². The van der Waals surface area contributed by atoms with Gasteiger partial charge in [0.25, 0.3) is 0 Å². The third-order valence-corrected chi connectivity index (χ3v) is 5.42. The summed E-state index contributed by atoms with van der Waals surface area (Å²) in [5, 5.41) is 7.11. The van der Waals surface area contributed by atoms with Gasteiger partial charge < -0.3 is 4.74 Å². The Bertz CT molecular complexity index is 813. The summed E-state index contributed by atoms with van der Waals surface area (Å²) in [4.78, 5) is 16.3. The maximum atomic E-state index is 12.7. The maximum Gasteiger partial charge on any atom is 0.331 e. The first-order valence-corrected chi connectivity index (χ1v) is 11.3. The predicted molar refractivity (Wildman–Crippen MR) is 117 cm³/mol. The molecule has 0 aliphatic heterocycles. The Labute approximate surface area is 174 Å². The number of hydrogen-bond donors (Lipinski definition) is 1. The van der Waals surface area contributed by atoms with E-state index in [9.17, 15) is 4.79 Å². The average molecular weight is 401 g/mol. The summed E-state index contributed by atoms with van der Waals surface area (Å²) >= 11 is 0. The number of carbonyl (C=O) groups excluding carboxylic acids is 1. The van der Waals surface area contributed by atoms with Crippen LogP contribution >= 0.6 is 0 Å². The van der Waals surface area contributed by atoms with Gasteiger partial charge in [0.1, 0.15) is 17.0 Å². The molecule has 160 valence electrons. The molecule has 2 aromatic rings. The number of ether oxygens (including phenoxy) is 1. The van der Waals surface area contributed by atoms with Crippen molar-refractivity contribution in [2.75, 3.05) is 6.61 Å². The van der Waals surface area contributed by atoms with E-state index in [1.54, 1.807) is 0 Å². The van der Waals surface area contributed by atoms with E-state index in [1.165, 1.54) is 51.4 Å². The molecule has 0 amide bonds. The fourth-order valence-corrected chi connectivity index (χ4v) is 3.86. The van der Waals surface area contributed by atoms with Gasteiger partial charge in [0.2, 0.25) is 5.69 Å². The lowest BCUT2D eigenvalue weighted by atomic mass is 10.1. The first-order chi connectivity index (χ1) is 14.2. The molecule has 0 aliphatic rings. The van der Waals surface area contributed by atoms with Crippen molar-refractivity contribution in [2.45, 2.75) is 97.8 Å². The zero-order valence-electron chi connectivity index (χ0n) is 18.4. The van der Waals surface area contributed by atoms with Crippen molar-refractivity contribution in [2.24, 2.45) is 0 Å². The van der Waals surface area contributed by atoms with E-state index in [0.29, 0.717) is 23.5 Å². The van der Waals surface area contributed by atoms with Crippen LogP contribution in [0.4, 0.5) is 5.69 Å². The molecule has 2 aromatic heterocycles. The molecular weight excluding hydrogens is 364 g/mol. The highest BCUT2D eigenvalue weighted by molar-refractivity contribution is 6.03. The zero-order valence-corrected chi connectivity index (χ0v) is 18.4. The Morgan fingerprint density at radius 3 is 2.24 bits per heavy atom. The summed E-state index contributed by atoms with van der Waals surface area (Å²) in [6.45, 7) is 14.1. The minimum atomic E-state index is -0.421. The molecule has 6 heteroatoms. The van der Waals surface area contributed by atoms with Crippen LogP contribution in [-0.2, 0) is 11.2 Å². The number of aryl methyl sites for hydroxylation is 2. The molecule has 0 unspecified atom stereocenters. The number of hydrogen-bond acceptors (Lipinski definition) is 3. The van der Waals surface area contributed by atoms with Crippen LogP contribution in [0.5, 0.6) is 0 Å². The van der Waals surface area contributed by atoms with Gasteiger partial charge in [-0.15, -0.1) is 0 Å². The number of nitrogens with zero attached hydrogens (tertiary/aromatic N) is 3. The predicted octanol–water partition coefficient (Wildman–Crippen LogP) is 6.55. The molecule has 2 heterocycles. The third-order valence-electron chi connectivity index (χ3n) is 5.42. The van der Waals surface area contributed by atoms with E-state index in [1.807, 2.05) is 11.3 Å². The van der Waals surface area contributed by atoms with E-state index < -0.39 is 5.97 Å². The summed E-state index contributed by atoms with van der Waals surface area (Å²) in [5.74, 6) is 0.331. The SMILES string of the molecule is [C-]#[N+]c1c(C(=O)OCCCCCCCCCCCC)c2[nH]nc(C)n2c1CCC. The van der Waals surface area contributed by atoms with Gasteiger partial charge in [0.15, 0.2) is 0 Å². The van der Waals surface area contributed by atoms with E-state index >= 15 is 0 Å². The van der Waals surface area contributed by atoms with Crippen LogP contribution in [-0.4, -0.2) is 27.2 Å². The molecular formula is C23H36N4O2. The van der Waals surface area contributed by atoms with Gasteiger partial charge in [-0.25, -0.2) is 9.64 Å². The Morgan fingerprint density at radius 2 is 1.66 bits per heavy atom. The monoisotopic (exact) mass is 400 g/mol. The van der Waals surface area contributed by atoms with Crippen LogP contribution in [0.3, 0.4) is 0 Å². The molecule has 0 saturated carbocycles. The number of aromatic nitrogens is 3. The molecule has 0 atom stereocenters. The van der Waals surface area contributed by atoms with E-state index in [-0.39, 0.29) is 0 Å². The second-order valence-electron chi connectivity index (χ2n) is 7.80. The van der Waals surface area contributed by atoms with E-state index in [2.05, 4.69) is 28.9 Å². The minimum absolute atomic E-state index is 0.330. The summed E-state index contributed by atoms with van der Waals surface area (Å²) in [7, 11) is 0. The topological polar surface area (TPSA) is 63.8 Å². The maximum absolute atomic E-state index is 12.7. The molecule has 2 rings (SSSR count). The number of aromatic amines is 1. The van der Waals surface area contributed by atoms with E-state index in [4.69, 9.17) is 11.3 Å². The number of esters is 1. The van der Waals surface area contributed by atoms with Crippen molar-refractivity contribution >= 4 is 17.3 Å². The first-order valence-electron chi connectivity index (χ1n) is 11.3. The molecule has 0 bridgehead atoms. The normalized spacial score (nSPS) is 11.1. The van der Waals surface area contributed by atoms with Crippen LogP contribution in [0.15, 0.2) is 0 Å². The van der Waals surface area contributed by atoms with Gasteiger partial charge >= 0.3 is 5.97 Å². The molecule has 1 N–H and O–H groups in total. The Balaban J connectivity index is 1.80. The summed E-state index contributed by atoms with van der Waals surface area (Å²) in [5.41, 5.74) is 2.15. The second-order valence-corrected chi connectivity index (χ2v) is 7.80. The zero-order chi connectivity index (χ0) is 21.1. The number of nitrogens with one attached hydrogen (secondary N) is 1. The Morgan fingerprint density at radius 1 is 1.03 bits per heavy atom. The highest BCUT2D eigenvalue weighted by atomic mass is 16.5. The van der Waals surface area contributed by atoms with Gasteiger partial charge in [-0.2, -0.15) is 5.10 Å². The second kappa shape index (κ2) is 12.3. The molecule has 0 spiro atoms. The largest absolute Gasteiger partial charge is 0.463 e. The van der Waals surface area contributed by atoms with Crippen LogP contribution in [0.1, 0.15) is 106 Å². The van der Waals surface area contributed by atoms with Gasteiger partial charge in [0.05, 0.1) is 13.2 Å². The molecule has 0 aromatic carbocycles. The number of unbranched alkanes of at least 4 members (excludes halogenated alkanes) is 9. The van der Waals surface area contributed by atoms with Gasteiger partial charge in [-0.3, -0.25) is 9.50 Å². The highest BCUT2D eigenvalue weighted by Gasteiger charge is 2.26.